The number of nitrogens with zero attached hydrogens (tertiary/aromatic N) is 2. The number of aromatic nitrogens is 2. The summed E-state index contributed by atoms with van der Waals surface area (Å²) in [4.78, 5) is 23.7. The van der Waals surface area contributed by atoms with Crippen molar-refractivity contribution in [1.82, 2.24) is 9.13 Å². The first-order chi connectivity index (χ1) is 7.40. The maximum atomic E-state index is 11.9. The van der Waals surface area contributed by atoms with E-state index in [0.717, 1.165) is 4.57 Å². The first-order valence-electron chi connectivity index (χ1n) is 5.28. The summed E-state index contributed by atoms with van der Waals surface area (Å²) < 4.78 is 2.44. The second-order valence-corrected chi connectivity index (χ2v) is 4.14. The Hall–Kier alpha value is -1.72. The van der Waals surface area contributed by atoms with Crippen LogP contribution in [0.5, 0.6) is 0 Å². The highest BCUT2D eigenvalue weighted by Gasteiger charge is 2.14. The molecule has 0 spiro atoms. The van der Waals surface area contributed by atoms with E-state index < -0.39 is 11.2 Å². The molecule has 0 fully saturated rings. The van der Waals surface area contributed by atoms with Crippen LogP contribution in [0.3, 0.4) is 0 Å². The summed E-state index contributed by atoms with van der Waals surface area (Å²) in [5, 5.41) is 0. The van der Waals surface area contributed by atoms with E-state index >= 15 is 0 Å². The van der Waals surface area contributed by atoms with Gasteiger partial charge in [-0.25, -0.2) is 4.79 Å². The zero-order valence-electron chi connectivity index (χ0n) is 9.86. The third-order valence-electron chi connectivity index (χ3n) is 2.37. The van der Waals surface area contributed by atoms with Gasteiger partial charge in [0.05, 0.1) is 0 Å². The minimum atomic E-state index is -0.499. The molecule has 0 saturated carbocycles. The Bertz CT molecular complexity index is 499. The molecule has 16 heavy (non-hydrogen) atoms. The average Bonchev–Trinajstić information content (AvgIpc) is 2.22. The lowest BCUT2D eigenvalue weighted by Crippen LogP contribution is -2.43. The third-order valence-corrected chi connectivity index (χ3v) is 2.37. The summed E-state index contributed by atoms with van der Waals surface area (Å²) in [5.74, 6) is 0.247. The van der Waals surface area contributed by atoms with Crippen molar-refractivity contribution in [3.63, 3.8) is 0 Å². The number of rotatable bonds is 3. The number of hydrogen-bond acceptors (Lipinski definition) is 4. The van der Waals surface area contributed by atoms with Gasteiger partial charge in [0.25, 0.3) is 5.56 Å². The largest absolute Gasteiger partial charge is 0.391 e. The molecule has 0 aliphatic carbocycles. The maximum Gasteiger partial charge on any atom is 0.332 e. The molecule has 6 nitrogen and oxygen atoms in total. The van der Waals surface area contributed by atoms with Gasteiger partial charge in [-0.15, -0.1) is 0 Å². The normalized spacial score (nSPS) is 11.0. The molecule has 4 N–H and O–H groups in total. The smallest absolute Gasteiger partial charge is 0.332 e. The molecule has 0 saturated heterocycles. The van der Waals surface area contributed by atoms with Crippen LogP contribution in [0.4, 0.5) is 11.5 Å². The molecule has 0 aliphatic rings. The van der Waals surface area contributed by atoms with Crippen molar-refractivity contribution >= 4 is 11.5 Å². The van der Waals surface area contributed by atoms with Gasteiger partial charge in [0, 0.05) is 13.1 Å². The quantitative estimate of drug-likeness (QED) is 0.749. The van der Waals surface area contributed by atoms with E-state index in [1.807, 2.05) is 13.8 Å². The second-order valence-electron chi connectivity index (χ2n) is 4.14. The highest BCUT2D eigenvalue weighted by Crippen LogP contribution is 2.06. The molecule has 90 valence electrons. The zero-order chi connectivity index (χ0) is 12.5. The number of nitrogens with two attached hydrogens (primary N) is 2. The van der Waals surface area contributed by atoms with Gasteiger partial charge in [0.2, 0.25) is 0 Å². The molecule has 0 aliphatic heterocycles. The second kappa shape index (κ2) is 4.42. The summed E-state index contributed by atoms with van der Waals surface area (Å²) in [6, 6.07) is 0. The predicted molar refractivity (Wildman–Crippen MR) is 64.3 cm³/mol. The molecule has 0 unspecified atom stereocenters. The van der Waals surface area contributed by atoms with Gasteiger partial charge in [0.15, 0.2) is 0 Å². The van der Waals surface area contributed by atoms with Crippen molar-refractivity contribution in [3.8, 4) is 0 Å². The van der Waals surface area contributed by atoms with Gasteiger partial charge in [-0.05, 0) is 12.8 Å². The Balaban J connectivity index is 3.56. The SMILES string of the molecule is CCn1c(N)c(N)c(=O)n(CC(C)C)c1=O. The van der Waals surface area contributed by atoms with Gasteiger partial charge < -0.3 is 11.5 Å². The molecule has 0 atom stereocenters. The third kappa shape index (κ3) is 1.95. The molecule has 0 aromatic carbocycles. The van der Waals surface area contributed by atoms with Crippen molar-refractivity contribution in [3.05, 3.63) is 20.8 Å². The molecule has 1 aromatic heterocycles. The number of hydrogen-bond donors (Lipinski definition) is 2. The molecule has 0 radical (unpaired) electrons. The zero-order valence-corrected chi connectivity index (χ0v) is 9.86. The van der Waals surface area contributed by atoms with E-state index in [1.54, 1.807) is 6.92 Å². The summed E-state index contributed by atoms with van der Waals surface area (Å²) >= 11 is 0. The standard InChI is InChI=1S/C10H18N4O2/c1-4-13-8(12)7(11)9(15)14(10(13)16)5-6(2)3/h6H,4-5,11-12H2,1-3H3. The van der Waals surface area contributed by atoms with Crippen LogP contribution in [0, 0.1) is 5.92 Å². The van der Waals surface area contributed by atoms with Crippen LogP contribution in [0.2, 0.25) is 0 Å². The fourth-order valence-electron chi connectivity index (χ4n) is 1.57. The van der Waals surface area contributed by atoms with Crippen LogP contribution in [-0.4, -0.2) is 9.13 Å². The number of nitrogen functional groups attached to an aromatic ring is 2. The van der Waals surface area contributed by atoms with Crippen LogP contribution < -0.4 is 22.7 Å². The van der Waals surface area contributed by atoms with E-state index in [9.17, 15) is 9.59 Å². The van der Waals surface area contributed by atoms with Crippen molar-refractivity contribution in [2.24, 2.45) is 5.92 Å². The van der Waals surface area contributed by atoms with E-state index in [1.165, 1.54) is 4.57 Å². The molecule has 1 heterocycles. The van der Waals surface area contributed by atoms with Crippen LogP contribution in [0.15, 0.2) is 9.59 Å². The monoisotopic (exact) mass is 226 g/mol. The molecular weight excluding hydrogens is 208 g/mol. The molecule has 1 rings (SSSR count). The minimum absolute atomic E-state index is 0.0532. The van der Waals surface area contributed by atoms with Gasteiger partial charge in [0.1, 0.15) is 11.5 Å². The molecule has 0 amide bonds. The van der Waals surface area contributed by atoms with E-state index in [-0.39, 0.29) is 17.4 Å². The first kappa shape index (κ1) is 12.4. The Morgan fingerprint density at radius 2 is 1.75 bits per heavy atom. The molecule has 0 bridgehead atoms. The Labute approximate surface area is 93.5 Å². The number of anilines is 2. The Morgan fingerprint density at radius 3 is 2.19 bits per heavy atom. The van der Waals surface area contributed by atoms with Crippen LogP contribution >= 0.6 is 0 Å². The highest BCUT2D eigenvalue weighted by molar-refractivity contribution is 5.56. The summed E-state index contributed by atoms with van der Waals surface area (Å²) in [6.07, 6.45) is 0. The van der Waals surface area contributed by atoms with Crippen molar-refractivity contribution in [2.45, 2.75) is 33.9 Å². The summed E-state index contributed by atoms with van der Waals surface area (Å²) in [7, 11) is 0. The van der Waals surface area contributed by atoms with Crippen LogP contribution in [0.25, 0.3) is 0 Å². The van der Waals surface area contributed by atoms with E-state index in [0.29, 0.717) is 13.1 Å². The average molecular weight is 226 g/mol. The van der Waals surface area contributed by atoms with Gasteiger partial charge >= 0.3 is 5.69 Å². The van der Waals surface area contributed by atoms with Crippen LogP contribution in [-0.2, 0) is 13.1 Å². The van der Waals surface area contributed by atoms with Gasteiger partial charge in [-0.2, -0.15) is 0 Å². The highest BCUT2D eigenvalue weighted by atomic mass is 16.2. The van der Waals surface area contributed by atoms with Crippen molar-refractivity contribution in [1.29, 1.82) is 0 Å². The molecule has 6 heteroatoms. The Morgan fingerprint density at radius 1 is 1.19 bits per heavy atom. The molecule has 1 aromatic rings. The minimum Gasteiger partial charge on any atom is -0.391 e. The lowest BCUT2D eigenvalue weighted by atomic mass is 10.2. The summed E-state index contributed by atoms with van der Waals surface area (Å²) in [6.45, 7) is 6.38. The van der Waals surface area contributed by atoms with E-state index in [4.69, 9.17) is 11.5 Å². The van der Waals surface area contributed by atoms with Gasteiger partial charge in [-0.1, -0.05) is 13.8 Å². The van der Waals surface area contributed by atoms with Crippen LogP contribution in [0.1, 0.15) is 20.8 Å². The Kier molecular flexibility index (Phi) is 3.41. The lowest BCUT2D eigenvalue weighted by Gasteiger charge is -2.14. The van der Waals surface area contributed by atoms with Crippen molar-refractivity contribution < 1.29 is 0 Å². The predicted octanol–water partition coefficient (Wildman–Crippen LogP) is -0.150. The fourth-order valence-corrected chi connectivity index (χ4v) is 1.57. The van der Waals surface area contributed by atoms with Crippen molar-refractivity contribution in [2.75, 3.05) is 11.5 Å². The van der Waals surface area contributed by atoms with Gasteiger partial charge in [-0.3, -0.25) is 13.9 Å². The topological polar surface area (TPSA) is 96.0 Å². The molecular formula is C10H18N4O2. The fraction of sp³-hybridized carbons (Fsp3) is 0.600. The summed E-state index contributed by atoms with van der Waals surface area (Å²) in [5.41, 5.74) is 10.3. The first-order valence-corrected chi connectivity index (χ1v) is 5.28. The lowest BCUT2D eigenvalue weighted by molar-refractivity contribution is 0.475. The maximum absolute atomic E-state index is 11.9. The van der Waals surface area contributed by atoms with E-state index in [2.05, 4.69) is 0 Å².